The summed E-state index contributed by atoms with van der Waals surface area (Å²) in [5.74, 6) is -2.42. The molecule has 1 aliphatic carbocycles. The minimum atomic E-state index is -1.25. The van der Waals surface area contributed by atoms with Crippen molar-refractivity contribution in [3.63, 3.8) is 0 Å². The van der Waals surface area contributed by atoms with Crippen LogP contribution in [0.2, 0.25) is 5.02 Å². The molecule has 3 amide bonds. The Labute approximate surface area is 257 Å². The van der Waals surface area contributed by atoms with Crippen molar-refractivity contribution in [2.24, 2.45) is 23.7 Å². The molecule has 2 N–H and O–H groups in total. The van der Waals surface area contributed by atoms with E-state index in [-0.39, 0.29) is 28.9 Å². The molecule has 2 bridgehead atoms. The lowest BCUT2D eigenvalue weighted by Gasteiger charge is -2.39. The zero-order chi connectivity index (χ0) is 30.5. The van der Waals surface area contributed by atoms with Gasteiger partial charge in [-0.25, -0.2) is 4.39 Å². The van der Waals surface area contributed by atoms with Gasteiger partial charge in [0.1, 0.15) is 17.5 Å². The fraction of sp³-hybridized carbons (Fsp3) is 0.500. The summed E-state index contributed by atoms with van der Waals surface area (Å²) in [7, 11) is 0. The summed E-state index contributed by atoms with van der Waals surface area (Å²) in [6, 6.07) is 12.8. The van der Waals surface area contributed by atoms with E-state index in [1.807, 2.05) is 31.2 Å². The molecule has 228 valence electrons. The average Bonchev–Trinajstić information content (AvgIpc) is 3.64. The van der Waals surface area contributed by atoms with Gasteiger partial charge in [0.25, 0.3) is 0 Å². The number of benzene rings is 2. The van der Waals surface area contributed by atoms with E-state index in [2.05, 4.69) is 36.6 Å². The molecule has 0 aromatic heterocycles. The highest BCUT2D eigenvalue weighted by Crippen LogP contribution is 2.56. The summed E-state index contributed by atoms with van der Waals surface area (Å²) < 4.78 is 20.2. The summed E-state index contributed by atoms with van der Waals surface area (Å²) in [5.41, 5.74) is 0.224. The lowest BCUT2D eigenvalue weighted by atomic mass is 9.73. The Kier molecular flexibility index (Phi) is 8.11. The van der Waals surface area contributed by atoms with Gasteiger partial charge in [0.05, 0.1) is 23.0 Å². The number of nitrogens with zero attached hydrogens (tertiary/aromatic N) is 1. The molecule has 1 spiro atoms. The van der Waals surface area contributed by atoms with Crippen LogP contribution in [0.25, 0.3) is 0 Å². The monoisotopic (exact) mass is 607 g/mol. The van der Waals surface area contributed by atoms with Crippen LogP contribution >= 0.6 is 11.6 Å². The van der Waals surface area contributed by atoms with Crippen LogP contribution in [0.3, 0.4) is 0 Å². The quantitative estimate of drug-likeness (QED) is 0.386. The number of aryl methyl sites for hydroxylation is 1. The van der Waals surface area contributed by atoms with Gasteiger partial charge in [-0.15, -0.1) is 0 Å². The van der Waals surface area contributed by atoms with Crippen molar-refractivity contribution in [3.8, 4) is 0 Å². The molecule has 3 fully saturated rings. The molecule has 7 unspecified atom stereocenters. The molecule has 2 aromatic rings. The fourth-order valence-electron chi connectivity index (χ4n) is 7.69. The summed E-state index contributed by atoms with van der Waals surface area (Å²) >= 11 is 5.94. The number of fused-ring (bicyclic) bond motifs is 1. The van der Waals surface area contributed by atoms with Gasteiger partial charge in [-0.3, -0.25) is 14.4 Å². The van der Waals surface area contributed by atoms with E-state index in [9.17, 15) is 18.8 Å². The molecular formula is C34H39ClFN3O4. The van der Waals surface area contributed by atoms with Crippen LogP contribution in [0.4, 0.5) is 10.1 Å². The van der Waals surface area contributed by atoms with Crippen LogP contribution in [0.5, 0.6) is 0 Å². The Hall–Kier alpha value is -3.23. The molecule has 9 heteroatoms. The van der Waals surface area contributed by atoms with Crippen LogP contribution < -0.4 is 10.6 Å². The second-order valence-corrected chi connectivity index (χ2v) is 13.2. The summed E-state index contributed by atoms with van der Waals surface area (Å²) in [5, 5.41) is 6.00. The number of carbonyl (C=O) groups excluding carboxylic acids is 3. The molecule has 2 aromatic carbocycles. The van der Waals surface area contributed by atoms with E-state index in [1.165, 1.54) is 18.2 Å². The molecule has 1 saturated carbocycles. The second kappa shape index (κ2) is 11.7. The number of rotatable bonds is 8. The molecule has 9 atom stereocenters. The number of hydrogen-bond donors (Lipinski definition) is 2. The van der Waals surface area contributed by atoms with Crippen molar-refractivity contribution in [2.45, 2.75) is 82.7 Å². The molecule has 0 radical (unpaired) electrons. The molecule has 4 aliphatic rings. The number of amides is 3. The maximum Gasteiger partial charge on any atom is 0.246 e. The van der Waals surface area contributed by atoms with Crippen molar-refractivity contribution in [3.05, 3.63) is 77.1 Å². The third-order valence-corrected chi connectivity index (χ3v) is 10.5. The predicted octanol–water partition coefficient (Wildman–Crippen LogP) is 5.53. The Morgan fingerprint density at radius 2 is 1.91 bits per heavy atom. The largest absolute Gasteiger partial charge is 0.359 e. The minimum absolute atomic E-state index is 0.00757. The van der Waals surface area contributed by atoms with E-state index in [0.29, 0.717) is 23.9 Å². The van der Waals surface area contributed by atoms with Gasteiger partial charge in [-0.2, -0.15) is 0 Å². The number of hydrogen-bond acceptors (Lipinski definition) is 4. The van der Waals surface area contributed by atoms with Gasteiger partial charge >= 0.3 is 0 Å². The highest BCUT2D eigenvalue weighted by atomic mass is 35.5. The number of anilines is 1. The summed E-state index contributed by atoms with van der Waals surface area (Å²) in [6.07, 6.45) is 7.43. The van der Waals surface area contributed by atoms with Crippen LogP contribution in [-0.4, -0.2) is 52.5 Å². The molecular weight excluding hydrogens is 569 g/mol. The van der Waals surface area contributed by atoms with E-state index in [4.69, 9.17) is 16.3 Å². The molecule has 6 rings (SSSR count). The first-order chi connectivity index (χ1) is 20.6. The first-order valence-electron chi connectivity index (χ1n) is 15.4. The molecule has 3 aliphatic heterocycles. The van der Waals surface area contributed by atoms with Crippen molar-refractivity contribution in [1.29, 1.82) is 0 Å². The summed E-state index contributed by atoms with van der Waals surface area (Å²) in [4.78, 5) is 44.1. The van der Waals surface area contributed by atoms with Crippen molar-refractivity contribution < 1.29 is 23.5 Å². The molecule has 43 heavy (non-hydrogen) atoms. The van der Waals surface area contributed by atoms with E-state index < -0.39 is 41.3 Å². The van der Waals surface area contributed by atoms with Gasteiger partial charge in [0.15, 0.2) is 0 Å². The first kappa shape index (κ1) is 29.8. The third kappa shape index (κ3) is 5.27. The zero-order valence-electron chi connectivity index (χ0n) is 24.8. The van der Waals surface area contributed by atoms with Crippen molar-refractivity contribution >= 4 is 35.0 Å². The van der Waals surface area contributed by atoms with Gasteiger partial charge in [-0.05, 0) is 61.8 Å². The van der Waals surface area contributed by atoms with Crippen LogP contribution in [-0.2, 0) is 25.5 Å². The Bertz CT molecular complexity index is 1440. The molecule has 2 saturated heterocycles. The lowest BCUT2D eigenvalue weighted by Crippen LogP contribution is -2.59. The average molecular weight is 608 g/mol. The van der Waals surface area contributed by atoms with Crippen LogP contribution in [0.15, 0.2) is 60.7 Å². The van der Waals surface area contributed by atoms with Gasteiger partial charge in [0, 0.05) is 17.8 Å². The van der Waals surface area contributed by atoms with Gasteiger partial charge in [0.2, 0.25) is 17.7 Å². The van der Waals surface area contributed by atoms with E-state index in [0.717, 1.165) is 31.2 Å². The van der Waals surface area contributed by atoms with Gasteiger partial charge < -0.3 is 20.3 Å². The normalized spacial score (nSPS) is 33.4. The van der Waals surface area contributed by atoms with Crippen LogP contribution in [0, 0.1) is 29.5 Å². The molecule has 3 heterocycles. The highest BCUT2D eigenvalue weighted by molar-refractivity contribution is 6.31. The Morgan fingerprint density at radius 3 is 2.65 bits per heavy atom. The SMILES string of the molecule is CC1CCCC(NC(=O)C2N(C(C)CCc3ccccc3)C(=O)[C@@H]3C(C(=O)Nc4ccc(F)c(Cl)c4)[C@@H]4C=CC23O4)C1C. The van der Waals surface area contributed by atoms with Crippen molar-refractivity contribution in [1.82, 2.24) is 10.2 Å². The standard InChI is InChI=1S/C34H39ClFN3O4/c1-19-8-7-11-26(21(19)3)38-32(41)30-34-17-16-27(43-34)28(31(40)37-23-14-15-25(36)24(35)18-23)29(34)33(42)39(30)20(2)12-13-22-9-5-4-6-10-22/h4-6,9-10,14-21,26-30H,7-8,11-13H2,1-3H3,(H,37,40)(H,38,41)/t19?,20?,21?,26?,27-,28?,29-,30?,34?/m0/s1. The predicted molar refractivity (Wildman–Crippen MR) is 163 cm³/mol. The number of carbonyl (C=O) groups is 3. The lowest BCUT2D eigenvalue weighted by molar-refractivity contribution is -0.144. The number of nitrogens with one attached hydrogen (secondary N) is 2. The van der Waals surface area contributed by atoms with Gasteiger partial charge in [-0.1, -0.05) is 80.8 Å². The topological polar surface area (TPSA) is 87.7 Å². The fourth-order valence-corrected chi connectivity index (χ4v) is 7.87. The maximum absolute atomic E-state index is 14.4. The zero-order valence-corrected chi connectivity index (χ0v) is 25.5. The van der Waals surface area contributed by atoms with E-state index >= 15 is 0 Å². The third-order valence-electron chi connectivity index (χ3n) is 10.3. The first-order valence-corrected chi connectivity index (χ1v) is 15.8. The summed E-state index contributed by atoms with van der Waals surface area (Å²) in [6.45, 7) is 6.36. The van der Waals surface area contributed by atoms with Crippen molar-refractivity contribution in [2.75, 3.05) is 5.32 Å². The highest BCUT2D eigenvalue weighted by Gasteiger charge is 2.73. The smallest absolute Gasteiger partial charge is 0.246 e. The Morgan fingerprint density at radius 1 is 1.14 bits per heavy atom. The number of likely N-dealkylation sites (tertiary alicyclic amines) is 1. The number of ether oxygens (including phenoxy) is 1. The van der Waals surface area contributed by atoms with E-state index in [1.54, 1.807) is 11.0 Å². The number of halogens is 2. The maximum atomic E-state index is 14.4. The Balaban J connectivity index is 1.30. The molecule has 7 nitrogen and oxygen atoms in total. The van der Waals surface area contributed by atoms with Crippen LogP contribution in [0.1, 0.15) is 52.0 Å². The second-order valence-electron chi connectivity index (χ2n) is 12.8. The minimum Gasteiger partial charge on any atom is -0.359 e.